The van der Waals surface area contributed by atoms with Crippen LogP contribution in [0.3, 0.4) is 0 Å². The van der Waals surface area contributed by atoms with Crippen LogP contribution in [0.15, 0.2) is 0 Å². The molecule has 2 nitrogen and oxygen atoms in total. The Kier molecular flexibility index (Phi) is 10.6. The van der Waals surface area contributed by atoms with E-state index in [1.165, 1.54) is 12.8 Å². The summed E-state index contributed by atoms with van der Waals surface area (Å²) in [6, 6.07) is 0. The molecule has 0 aromatic heterocycles. The molecule has 0 aliphatic carbocycles. The van der Waals surface area contributed by atoms with Gasteiger partial charge in [0, 0.05) is 6.42 Å². The molecule has 0 radical (unpaired) electrons. The van der Waals surface area contributed by atoms with Gasteiger partial charge in [0.15, 0.2) is 0 Å². The zero-order chi connectivity index (χ0) is 12.2. The molecule has 0 rings (SSSR count). The average Bonchev–Trinajstić information content (AvgIpc) is 2.25. The lowest BCUT2D eigenvalue weighted by Crippen LogP contribution is -2.17. The molecule has 16 heavy (non-hydrogen) atoms. The van der Waals surface area contributed by atoms with Gasteiger partial charge in [-0.1, -0.05) is 52.9 Å². The van der Waals surface area contributed by atoms with E-state index in [4.69, 9.17) is 4.74 Å². The van der Waals surface area contributed by atoms with Crippen molar-refractivity contribution in [3.63, 3.8) is 0 Å². The Hall–Kier alpha value is -0.530. The van der Waals surface area contributed by atoms with Crippen molar-refractivity contribution >= 4 is 5.97 Å². The number of unbranched alkanes of at least 4 members (excludes halogenated alkanes) is 3. The van der Waals surface area contributed by atoms with E-state index in [-0.39, 0.29) is 12.1 Å². The first-order valence-corrected chi connectivity index (χ1v) is 6.94. The van der Waals surface area contributed by atoms with Crippen LogP contribution in [0.2, 0.25) is 0 Å². The van der Waals surface area contributed by atoms with Crippen LogP contribution in [0, 0.1) is 0 Å². The first-order valence-electron chi connectivity index (χ1n) is 6.94. The van der Waals surface area contributed by atoms with Crippen LogP contribution in [-0.4, -0.2) is 12.1 Å². The minimum absolute atomic E-state index is 0.00278. The van der Waals surface area contributed by atoms with Gasteiger partial charge in [0.05, 0.1) is 0 Å². The number of hydrogen-bond donors (Lipinski definition) is 0. The van der Waals surface area contributed by atoms with Crippen molar-refractivity contribution in [2.75, 3.05) is 0 Å². The highest BCUT2D eigenvalue weighted by atomic mass is 16.5. The van der Waals surface area contributed by atoms with Crippen molar-refractivity contribution in [2.45, 2.75) is 84.7 Å². The summed E-state index contributed by atoms with van der Waals surface area (Å²) in [6.07, 6.45) is 9.53. The van der Waals surface area contributed by atoms with Crippen molar-refractivity contribution in [1.29, 1.82) is 0 Å². The lowest BCUT2D eigenvalue weighted by molar-refractivity contribution is -0.149. The molecule has 0 heterocycles. The monoisotopic (exact) mass is 228 g/mol. The Bertz CT molecular complexity index is 160. The predicted molar refractivity (Wildman–Crippen MR) is 68.5 cm³/mol. The zero-order valence-electron chi connectivity index (χ0n) is 11.3. The molecule has 0 bridgehead atoms. The maximum Gasteiger partial charge on any atom is 0.306 e. The summed E-state index contributed by atoms with van der Waals surface area (Å²) >= 11 is 0. The molecule has 0 unspecified atom stereocenters. The van der Waals surface area contributed by atoms with Crippen molar-refractivity contribution in [2.24, 2.45) is 0 Å². The van der Waals surface area contributed by atoms with Gasteiger partial charge in [0.2, 0.25) is 0 Å². The normalized spacial score (nSPS) is 10.8. The molecular formula is C14H28O2. The van der Waals surface area contributed by atoms with Crippen LogP contribution >= 0.6 is 0 Å². The van der Waals surface area contributed by atoms with Crippen molar-refractivity contribution in [1.82, 2.24) is 0 Å². The largest absolute Gasteiger partial charge is 0.462 e. The molecule has 0 spiro atoms. The van der Waals surface area contributed by atoms with Crippen LogP contribution < -0.4 is 0 Å². The van der Waals surface area contributed by atoms with Crippen LogP contribution in [-0.2, 0) is 9.53 Å². The fraction of sp³-hybridized carbons (Fsp3) is 0.929. The molecule has 0 amide bonds. The number of carbonyl (C=O) groups excluding carboxylic acids is 1. The van der Waals surface area contributed by atoms with Crippen molar-refractivity contribution in [3.8, 4) is 0 Å². The number of carbonyl (C=O) groups is 1. The Morgan fingerprint density at radius 3 is 2.06 bits per heavy atom. The van der Waals surface area contributed by atoms with E-state index in [9.17, 15) is 4.79 Å². The van der Waals surface area contributed by atoms with E-state index in [1.807, 2.05) is 0 Å². The smallest absolute Gasteiger partial charge is 0.306 e. The standard InChI is InChI=1S/C14H28O2/c1-4-7-8-9-12-14(15)16-13(10-5-2)11-6-3/h13H,4-12H2,1-3H3. The second-order valence-electron chi connectivity index (χ2n) is 4.50. The van der Waals surface area contributed by atoms with Gasteiger partial charge >= 0.3 is 5.97 Å². The summed E-state index contributed by atoms with van der Waals surface area (Å²) in [5.74, 6) is 0.00278. The first kappa shape index (κ1) is 15.5. The molecule has 0 aliphatic heterocycles. The van der Waals surface area contributed by atoms with Crippen LogP contribution in [0.5, 0.6) is 0 Å². The van der Waals surface area contributed by atoms with Gasteiger partial charge in [-0.05, 0) is 19.3 Å². The van der Waals surface area contributed by atoms with Crippen molar-refractivity contribution < 1.29 is 9.53 Å². The number of hydrogen-bond acceptors (Lipinski definition) is 2. The number of ether oxygens (including phenoxy) is 1. The third-order valence-electron chi connectivity index (χ3n) is 2.75. The van der Waals surface area contributed by atoms with Crippen LogP contribution in [0.1, 0.15) is 78.6 Å². The highest BCUT2D eigenvalue weighted by Gasteiger charge is 2.12. The van der Waals surface area contributed by atoms with Gasteiger partial charge < -0.3 is 4.74 Å². The minimum atomic E-state index is 0.00278. The number of esters is 1. The van der Waals surface area contributed by atoms with Gasteiger partial charge in [0.25, 0.3) is 0 Å². The summed E-state index contributed by atoms with van der Waals surface area (Å²) in [6.45, 7) is 6.45. The molecule has 0 aliphatic rings. The summed E-state index contributed by atoms with van der Waals surface area (Å²) in [5.41, 5.74) is 0. The highest BCUT2D eigenvalue weighted by molar-refractivity contribution is 5.69. The second kappa shape index (κ2) is 11.0. The molecule has 0 aromatic rings. The Morgan fingerprint density at radius 1 is 0.938 bits per heavy atom. The Balaban J connectivity index is 3.63. The molecule has 0 fully saturated rings. The van der Waals surface area contributed by atoms with Gasteiger partial charge in [-0.3, -0.25) is 4.79 Å². The maximum atomic E-state index is 11.5. The highest BCUT2D eigenvalue weighted by Crippen LogP contribution is 2.12. The first-order chi connectivity index (χ1) is 7.74. The molecule has 2 heteroatoms. The third-order valence-corrected chi connectivity index (χ3v) is 2.75. The molecule has 0 atom stereocenters. The van der Waals surface area contributed by atoms with Gasteiger partial charge in [-0.15, -0.1) is 0 Å². The maximum absolute atomic E-state index is 11.5. The zero-order valence-corrected chi connectivity index (χ0v) is 11.3. The van der Waals surface area contributed by atoms with E-state index >= 15 is 0 Å². The second-order valence-corrected chi connectivity index (χ2v) is 4.50. The van der Waals surface area contributed by atoms with Gasteiger partial charge in [0.1, 0.15) is 6.10 Å². The number of rotatable bonds is 10. The summed E-state index contributed by atoms with van der Waals surface area (Å²) in [5, 5.41) is 0. The van der Waals surface area contributed by atoms with E-state index in [2.05, 4.69) is 20.8 Å². The Morgan fingerprint density at radius 2 is 1.56 bits per heavy atom. The Labute approximate surface area is 101 Å². The molecule has 0 N–H and O–H groups in total. The third kappa shape index (κ3) is 8.75. The van der Waals surface area contributed by atoms with Gasteiger partial charge in [-0.25, -0.2) is 0 Å². The van der Waals surface area contributed by atoms with E-state index in [1.54, 1.807) is 0 Å². The van der Waals surface area contributed by atoms with Crippen LogP contribution in [0.4, 0.5) is 0 Å². The topological polar surface area (TPSA) is 26.3 Å². The van der Waals surface area contributed by atoms with Crippen LogP contribution in [0.25, 0.3) is 0 Å². The minimum Gasteiger partial charge on any atom is -0.462 e. The molecule has 0 saturated carbocycles. The lowest BCUT2D eigenvalue weighted by atomic mass is 10.1. The summed E-state index contributed by atoms with van der Waals surface area (Å²) < 4.78 is 5.47. The molecule has 0 aromatic carbocycles. The summed E-state index contributed by atoms with van der Waals surface area (Å²) in [4.78, 5) is 11.5. The SMILES string of the molecule is CCCCCCC(=O)OC(CCC)CCC. The average molecular weight is 228 g/mol. The lowest BCUT2D eigenvalue weighted by Gasteiger charge is -2.16. The molecular weight excluding hydrogens is 200 g/mol. The fourth-order valence-electron chi connectivity index (χ4n) is 1.85. The quantitative estimate of drug-likeness (QED) is 0.407. The molecule has 0 saturated heterocycles. The van der Waals surface area contributed by atoms with E-state index in [0.29, 0.717) is 6.42 Å². The van der Waals surface area contributed by atoms with E-state index < -0.39 is 0 Å². The fourth-order valence-corrected chi connectivity index (χ4v) is 1.85. The predicted octanol–water partition coefficient (Wildman–Crippen LogP) is 4.47. The van der Waals surface area contributed by atoms with Crippen molar-refractivity contribution in [3.05, 3.63) is 0 Å². The molecule has 96 valence electrons. The van der Waals surface area contributed by atoms with Gasteiger partial charge in [-0.2, -0.15) is 0 Å². The van der Waals surface area contributed by atoms with E-state index in [0.717, 1.165) is 38.5 Å². The summed E-state index contributed by atoms with van der Waals surface area (Å²) in [7, 11) is 0.